The molecule has 0 radical (unpaired) electrons. The van der Waals surface area contributed by atoms with Gasteiger partial charge in [-0.1, -0.05) is 0 Å². The number of hydrogen-bond acceptors (Lipinski definition) is 5. The molecule has 0 saturated carbocycles. The fourth-order valence-electron chi connectivity index (χ4n) is 1.58. The summed E-state index contributed by atoms with van der Waals surface area (Å²) >= 11 is 0. The van der Waals surface area contributed by atoms with E-state index >= 15 is 0 Å². The molecule has 0 atom stereocenters. The summed E-state index contributed by atoms with van der Waals surface area (Å²) in [6, 6.07) is 4.31. The van der Waals surface area contributed by atoms with Crippen molar-refractivity contribution < 1.29 is 14.6 Å². The predicted molar refractivity (Wildman–Crippen MR) is 73.2 cm³/mol. The van der Waals surface area contributed by atoms with Crippen LogP contribution >= 0.6 is 0 Å². The second kappa shape index (κ2) is 4.96. The fraction of sp³-hybridized carbons (Fsp3) is 0.357. The highest BCUT2D eigenvalue weighted by molar-refractivity contribution is 5.78. The maximum absolute atomic E-state index is 12.2. The van der Waals surface area contributed by atoms with E-state index < -0.39 is 11.4 Å². The lowest BCUT2D eigenvalue weighted by molar-refractivity contribution is -0.157. The number of carbonyl (C=O) groups is 1. The summed E-state index contributed by atoms with van der Waals surface area (Å²) in [6.07, 6.45) is 1.29. The molecule has 0 fully saturated rings. The van der Waals surface area contributed by atoms with E-state index in [0.717, 1.165) is 0 Å². The van der Waals surface area contributed by atoms with E-state index in [4.69, 9.17) is 4.74 Å². The van der Waals surface area contributed by atoms with Crippen molar-refractivity contribution in [1.29, 1.82) is 0 Å². The molecule has 1 heterocycles. The largest absolute Gasteiger partial charge is 0.508 e. The Morgan fingerprint density at radius 2 is 2.10 bits per heavy atom. The third-order valence-electron chi connectivity index (χ3n) is 2.76. The Hall–Kier alpha value is -2.37. The number of benzene rings is 1. The molecule has 6 nitrogen and oxygen atoms in total. The van der Waals surface area contributed by atoms with Gasteiger partial charge in [-0.15, -0.1) is 0 Å². The van der Waals surface area contributed by atoms with E-state index in [2.05, 4.69) is 4.98 Å². The molecule has 1 aromatic heterocycles. The number of phenolic OH excluding ortho intramolecular Hbond substituents is 1. The number of nitrogens with zero attached hydrogens (tertiary/aromatic N) is 2. The van der Waals surface area contributed by atoms with Crippen molar-refractivity contribution in [2.45, 2.75) is 27.5 Å². The van der Waals surface area contributed by atoms with Crippen LogP contribution in [-0.4, -0.2) is 20.6 Å². The highest BCUT2D eigenvalue weighted by atomic mass is 16.5. The van der Waals surface area contributed by atoms with Crippen LogP contribution in [0, 0.1) is 5.41 Å². The number of ether oxygens (including phenoxy) is 1. The molecule has 1 N–H and O–H groups in total. The van der Waals surface area contributed by atoms with E-state index in [1.54, 1.807) is 20.8 Å². The third kappa shape index (κ3) is 2.79. The zero-order chi connectivity index (χ0) is 14.9. The van der Waals surface area contributed by atoms with Crippen molar-refractivity contribution in [3.8, 4) is 5.75 Å². The number of fused-ring (bicyclic) bond motifs is 1. The van der Waals surface area contributed by atoms with Gasteiger partial charge in [-0.2, -0.15) is 0 Å². The summed E-state index contributed by atoms with van der Waals surface area (Å²) in [5, 5.41) is 9.70. The monoisotopic (exact) mass is 276 g/mol. The van der Waals surface area contributed by atoms with Gasteiger partial charge in [0, 0.05) is 6.07 Å². The predicted octanol–water partition coefficient (Wildman–Crippen LogP) is 1.65. The Morgan fingerprint density at radius 3 is 2.75 bits per heavy atom. The van der Waals surface area contributed by atoms with Crippen LogP contribution in [-0.2, 0) is 16.3 Å². The SMILES string of the molecule is CC(C)(C)C(=O)OCn1cnc2cc(O)ccc2c1=O. The number of carbonyl (C=O) groups excluding carboxylic acids is 1. The number of phenols is 1. The number of aromatic hydroxyl groups is 1. The fourth-order valence-corrected chi connectivity index (χ4v) is 1.58. The van der Waals surface area contributed by atoms with Crippen LogP contribution in [0.15, 0.2) is 29.3 Å². The molecule has 1 aromatic carbocycles. The molecule has 2 aromatic rings. The second-order valence-corrected chi connectivity index (χ2v) is 5.53. The van der Waals surface area contributed by atoms with Crippen molar-refractivity contribution >= 4 is 16.9 Å². The van der Waals surface area contributed by atoms with Crippen molar-refractivity contribution in [2.75, 3.05) is 0 Å². The number of esters is 1. The average molecular weight is 276 g/mol. The van der Waals surface area contributed by atoms with Gasteiger partial charge in [0.2, 0.25) is 0 Å². The van der Waals surface area contributed by atoms with Gasteiger partial charge < -0.3 is 9.84 Å². The molecule has 0 unspecified atom stereocenters. The second-order valence-electron chi connectivity index (χ2n) is 5.53. The quantitative estimate of drug-likeness (QED) is 0.843. The first-order valence-electron chi connectivity index (χ1n) is 6.14. The standard InChI is InChI=1S/C14H16N2O4/c1-14(2,3)13(19)20-8-16-7-15-11-6-9(17)4-5-10(11)12(16)18/h4-7,17H,8H2,1-3H3. The molecule has 0 bridgehead atoms. The Kier molecular flexibility index (Phi) is 3.48. The molecule has 0 aliphatic rings. The van der Waals surface area contributed by atoms with Crippen LogP contribution in [0.4, 0.5) is 0 Å². The minimum atomic E-state index is -0.625. The van der Waals surface area contributed by atoms with Crippen molar-refractivity contribution in [1.82, 2.24) is 9.55 Å². The summed E-state index contributed by atoms with van der Waals surface area (Å²) in [5.41, 5.74) is -0.551. The average Bonchev–Trinajstić information content (AvgIpc) is 2.36. The van der Waals surface area contributed by atoms with Gasteiger partial charge in [-0.25, -0.2) is 4.98 Å². The van der Waals surface area contributed by atoms with E-state index in [9.17, 15) is 14.7 Å². The molecule has 0 saturated heterocycles. The normalized spacial score (nSPS) is 11.6. The molecular weight excluding hydrogens is 260 g/mol. The van der Waals surface area contributed by atoms with Crippen LogP contribution in [0.2, 0.25) is 0 Å². The zero-order valence-corrected chi connectivity index (χ0v) is 11.6. The smallest absolute Gasteiger partial charge is 0.312 e. The highest BCUT2D eigenvalue weighted by Gasteiger charge is 2.23. The van der Waals surface area contributed by atoms with Crippen LogP contribution < -0.4 is 5.56 Å². The van der Waals surface area contributed by atoms with Crippen LogP contribution in [0.25, 0.3) is 10.9 Å². The van der Waals surface area contributed by atoms with Crippen LogP contribution in [0.5, 0.6) is 5.75 Å². The summed E-state index contributed by atoms with van der Waals surface area (Å²) < 4.78 is 6.29. The zero-order valence-electron chi connectivity index (χ0n) is 11.6. The molecule has 0 spiro atoms. The van der Waals surface area contributed by atoms with Gasteiger partial charge in [-0.3, -0.25) is 14.2 Å². The molecule has 106 valence electrons. The van der Waals surface area contributed by atoms with Gasteiger partial charge in [0.1, 0.15) is 12.1 Å². The summed E-state index contributed by atoms with van der Waals surface area (Å²) in [6.45, 7) is 5.03. The summed E-state index contributed by atoms with van der Waals surface area (Å²) in [7, 11) is 0. The Bertz CT molecular complexity index is 713. The Morgan fingerprint density at radius 1 is 1.40 bits per heavy atom. The van der Waals surface area contributed by atoms with E-state index in [-0.39, 0.29) is 18.0 Å². The topological polar surface area (TPSA) is 81.4 Å². The number of rotatable bonds is 2. The number of hydrogen-bond donors (Lipinski definition) is 1. The molecule has 0 amide bonds. The first kappa shape index (κ1) is 14.0. The van der Waals surface area contributed by atoms with Crippen LogP contribution in [0.3, 0.4) is 0 Å². The molecule has 20 heavy (non-hydrogen) atoms. The lowest BCUT2D eigenvalue weighted by atomic mass is 9.98. The lowest BCUT2D eigenvalue weighted by Crippen LogP contribution is -2.28. The summed E-state index contributed by atoms with van der Waals surface area (Å²) in [5.74, 6) is -0.350. The third-order valence-corrected chi connectivity index (χ3v) is 2.76. The van der Waals surface area contributed by atoms with E-state index in [1.807, 2.05) is 0 Å². The Labute approximate surface area is 115 Å². The first-order chi connectivity index (χ1) is 9.29. The van der Waals surface area contributed by atoms with Crippen molar-refractivity contribution in [3.05, 3.63) is 34.9 Å². The molecule has 6 heteroatoms. The van der Waals surface area contributed by atoms with Gasteiger partial charge in [-0.05, 0) is 32.9 Å². The van der Waals surface area contributed by atoms with Crippen molar-refractivity contribution in [3.63, 3.8) is 0 Å². The molecular formula is C14H16N2O4. The minimum Gasteiger partial charge on any atom is -0.508 e. The Balaban J connectivity index is 2.28. The summed E-state index contributed by atoms with van der Waals surface area (Å²) in [4.78, 5) is 27.9. The molecule has 0 aliphatic heterocycles. The number of aromatic nitrogens is 2. The lowest BCUT2D eigenvalue weighted by Gasteiger charge is -2.17. The van der Waals surface area contributed by atoms with E-state index in [1.165, 1.54) is 29.1 Å². The van der Waals surface area contributed by atoms with E-state index in [0.29, 0.717) is 10.9 Å². The first-order valence-corrected chi connectivity index (χ1v) is 6.14. The highest BCUT2D eigenvalue weighted by Crippen LogP contribution is 2.16. The van der Waals surface area contributed by atoms with Gasteiger partial charge in [0.05, 0.1) is 16.3 Å². The van der Waals surface area contributed by atoms with Gasteiger partial charge in [0.25, 0.3) is 5.56 Å². The van der Waals surface area contributed by atoms with Crippen LogP contribution in [0.1, 0.15) is 20.8 Å². The van der Waals surface area contributed by atoms with Gasteiger partial charge >= 0.3 is 5.97 Å². The maximum Gasteiger partial charge on any atom is 0.312 e. The van der Waals surface area contributed by atoms with Gasteiger partial charge in [0.15, 0.2) is 6.73 Å². The minimum absolute atomic E-state index is 0.0429. The molecule has 2 rings (SSSR count). The molecule has 0 aliphatic carbocycles. The van der Waals surface area contributed by atoms with Crippen molar-refractivity contribution in [2.24, 2.45) is 5.41 Å². The maximum atomic E-state index is 12.2.